The molecule has 5 heteroatoms. The summed E-state index contributed by atoms with van der Waals surface area (Å²) in [5, 5.41) is 8.89. The quantitative estimate of drug-likeness (QED) is 0.835. The minimum Gasteiger partial charge on any atom is -0.383 e. The summed E-state index contributed by atoms with van der Waals surface area (Å²) in [7, 11) is 1.63. The third-order valence-corrected chi connectivity index (χ3v) is 4.52. The molecule has 0 aliphatic carbocycles. The fourth-order valence-corrected chi connectivity index (χ4v) is 3.36. The molecule has 5 nitrogen and oxygen atoms in total. The molecule has 22 heavy (non-hydrogen) atoms. The number of anilines is 1. The summed E-state index contributed by atoms with van der Waals surface area (Å²) in [6.07, 6.45) is 3.20. The van der Waals surface area contributed by atoms with Crippen LogP contribution in [-0.4, -0.2) is 38.4 Å². The Hall–Kier alpha value is -1.90. The molecule has 0 N–H and O–H groups in total. The fraction of sp³-hybridized carbons (Fsp3) is 0.529. The van der Waals surface area contributed by atoms with Crippen LogP contribution in [0.4, 0.5) is 5.69 Å². The monoisotopic (exact) mass is 300 g/mol. The number of nitriles is 1. The number of benzene rings is 1. The molecular weight excluding hydrogens is 280 g/mol. The lowest BCUT2D eigenvalue weighted by Crippen LogP contribution is -2.41. The van der Waals surface area contributed by atoms with Gasteiger partial charge in [0.05, 0.1) is 36.4 Å². The number of nitrogens with zero attached hydrogens (tertiary/aromatic N) is 2. The molecule has 2 aliphatic heterocycles. The summed E-state index contributed by atoms with van der Waals surface area (Å²) in [5.41, 5.74) is 1.40. The number of carbonyl (C=O) groups excluding carboxylic acids is 1. The van der Waals surface area contributed by atoms with Crippen molar-refractivity contribution in [3.05, 3.63) is 29.8 Å². The topological polar surface area (TPSA) is 62.6 Å². The Morgan fingerprint density at radius 3 is 2.73 bits per heavy atom. The van der Waals surface area contributed by atoms with Gasteiger partial charge in [0.2, 0.25) is 5.91 Å². The lowest BCUT2D eigenvalue weighted by atomic mass is 9.88. The Morgan fingerprint density at radius 1 is 1.41 bits per heavy atom. The Bertz CT molecular complexity index is 579. The molecule has 0 spiro atoms. The number of carbonyl (C=O) groups is 1. The standard InChI is InChI=1S/C17H20N2O3/c1-21-9-8-19(13-4-2-12(11-18)3-5-13)17(20)15-10-14-6-7-16(15)22-14/h2-5,14-16H,6-10H2,1H3. The molecule has 3 rings (SSSR count). The van der Waals surface area contributed by atoms with E-state index in [1.807, 2.05) is 12.1 Å². The predicted molar refractivity (Wildman–Crippen MR) is 81.4 cm³/mol. The second-order valence-corrected chi connectivity index (χ2v) is 5.86. The van der Waals surface area contributed by atoms with E-state index in [1.165, 1.54) is 0 Å². The van der Waals surface area contributed by atoms with Crippen LogP contribution in [0.25, 0.3) is 0 Å². The highest BCUT2D eigenvalue weighted by atomic mass is 16.5. The molecule has 2 bridgehead atoms. The summed E-state index contributed by atoms with van der Waals surface area (Å²) in [5.74, 6) is 0.0557. The maximum Gasteiger partial charge on any atom is 0.232 e. The Balaban J connectivity index is 1.79. The van der Waals surface area contributed by atoms with Gasteiger partial charge < -0.3 is 14.4 Å². The van der Waals surface area contributed by atoms with Gasteiger partial charge in [-0.25, -0.2) is 0 Å². The van der Waals surface area contributed by atoms with E-state index in [4.69, 9.17) is 14.7 Å². The van der Waals surface area contributed by atoms with Gasteiger partial charge in [-0.05, 0) is 43.5 Å². The smallest absolute Gasteiger partial charge is 0.232 e. The van der Waals surface area contributed by atoms with Crippen molar-refractivity contribution in [3.63, 3.8) is 0 Å². The van der Waals surface area contributed by atoms with Gasteiger partial charge in [0.25, 0.3) is 0 Å². The van der Waals surface area contributed by atoms with E-state index in [1.54, 1.807) is 24.1 Å². The molecule has 2 aliphatic rings. The van der Waals surface area contributed by atoms with E-state index in [0.717, 1.165) is 24.9 Å². The molecule has 2 saturated heterocycles. The average Bonchev–Trinajstić information content (AvgIpc) is 3.18. The maximum atomic E-state index is 12.9. The summed E-state index contributed by atoms with van der Waals surface area (Å²) in [4.78, 5) is 14.7. The zero-order valence-electron chi connectivity index (χ0n) is 12.7. The summed E-state index contributed by atoms with van der Waals surface area (Å²) in [6, 6.07) is 9.21. The number of fused-ring (bicyclic) bond motifs is 2. The van der Waals surface area contributed by atoms with Crippen LogP contribution in [0.3, 0.4) is 0 Å². The molecule has 1 aromatic rings. The first-order valence-electron chi connectivity index (χ1n) is 7.69. The Labute approximate surface area is 130 Å². The summed E-state index contributed by atoms with van der Waals surface area (Å²) in [6.45, 7) is 0.989. The molecule has 1 aromatic carbocycles. The normalized spacial score (nSPS) is 25.9. The van der Waals surface area contributed by atoms with Crippen molar-refractivity contribution >= 4 is 11.6 Å². The first-order chi connectivity index (χ1) is 10.7. The maximum absolute atomic E-state index is 12.9. The van der Waals surface area contributed by atoms with Crippen LogP contribution >= 0.6 is 0 Å². The van der Waals surface area contributed by atoms with E-state index >= 15 is 0 Å². The lowest BCUT2D eigenvalue weighted by molar-refractivity contribution is -0.124. The third kappa shape index (κ3) is 2.85. The largest absolute Gasteiger partial charge is 0.383 e. The van der Waals surface area contributed by atoms with E-state index in [9.17, 15) is 4.79 Å². The SMILES string of the molecule is COCCN(C(=O)C1CC2CCC1O2)c1ccc(C#N)cc1. The van der Waals surface area contributed by atoms with Crippen LogP contribution in [0.15, 0.2) is 24.3 Å². The number of hydrogen-bond acceptors (Lipinski definition) is 4. The highest BCUT2D eigenvalue weighted by Crippen LogP contribution is 2.40. The Kier molecular flexibility index (Phi) is 4.41. The van der Waals surface area contributed by atoms with E-state index in [2.05, 4.69) is 6.07 Å². The molecular formula is C17H20N2O3. The van der Waals surface area contributed by atoms with Gasteiger partial charge >= 0.3 is 0 Å². The van der Waals surface area contributed by atoms with Gasteiger partial charge in [-0.2, -0.15) is 5.26 Å². The molecule has 2 fully saturated rings. The Morgan fingerprint density at radius 2 is 2.18 bits per heavy atom. The minimum atomic E-state index is -0.0498. The fourth-order valence-electron chi connectivity index (χ4n) is 3.36. The van der Waals surface area contributed by atoms with Gasteiger partial charge in [-0.1, -0.05) is 0 Å². The number of amides is 1. The van der Waals surface area contributed by atoms with Gasteiger partial charge in [-0.3, -0.25) is 4.79 Å². The molecule has 2 heterocycles. The van der Waals surface area contributed by atoms with Crippen LogP contribution < -0.4 is 4.90 Å². The first-order valence-corrected chi connectivity index (χ1v) is 7.69. The zero-order chi connectivity index (χ0) is 15.5. The predicted octanol–water partition coefficient (Wildman–Crippen LogP) is 2.11. The first kappa shape index (κ1) is 15.0. The van der Waals surface area contributed by atoms with Crippen LogP contribution in [0.2, 0.25) is 0 Å². The molecule has 0 aromatic heterocycles. The van der Waals surface area contributed by atoms with Gasteiger partial charge in [0.1, 0.15) is 0 Å². The van der Waals surface area contributed by atoms with Crippen molar-refractivity contribution in [1.82, 2.24) is 0 Å². The van der Waals surface area contributed by atoms with Gasteiger partial charge in [-0.15, -0.1) is 0 Å². The molecule has 1 amide bonds. The lowest BCUT2D eigenvalue weighted by Gasteiger charge is -2.28. The van der Waals surface area contributed by atoms with Crippen LogP contribution in [-0.2, 0) is 14.3 Å². The van der Waals surface area contributed by atoms with E-state index < -0.39 is 0 Å². The number of ether oxygens (including phenoxy) is 2. The van der Waals surface area contributed by atoms with Crippen molar-refractivity contribution in [2.75, 3.05) is 25.2 Å². The van der Waals surface area contributed by atoms with Crippen molar-refractivity contribution < 1.29 is 14.3 Å². The zero-order valence-corrected chi connectivity index (χ0v) is 12.7. The second kappa shape index (κ2) is 6.47. The van der Waals surface area contributed by atoms with Crippen molar-refractivity contribution in [2.24, 2.45) is 5.92 Å². The summed E-state index contributed by atoms with van der Waals surface area (Å²) < 4.78 is 10.9. The highest BCUT2D eigenvalue weighted by molar-refractivity contribution is 5.95. The van der Waals surface area contributed by atoms with Crippen LogP contribution in [0.1, 0.15) is 24.8 Å². The van der Waals surface area contributed by atoms with Gasteiger partial charge in [0.15, 0.2) is 0 Å². The molecule has 116 valence electrons. The highest BCUT2D eigenvalue weighted by Gasteiger charge is 2.45. The number of hydrogen-bond donors (Lipinski definition) is 0. The van der Waals surface area contributed by atoms with E-state index in [0.29, 0.717) is 18.7 Å². The average molecular weight is 300 g/mol. The van der Waals surface area contributed by atoms with Crippen molar-refractivity contribution in [3.8, 4) is 6.07 Å². The van der Waals surface area contributed by atoms with Crippen LogP contribution in [0.5, 0.6) is 0 Å². The number of methoxy groups -OCH3 is 1. The molecule has 3 atom stereocenters. The van der Waals surface area contributed by atoms with Crippen LogP contribution in [0, 0.1) is 17.2 Å². The molecule has 0 saturated carbocycles. The van der Waals surface area contributed by atoms with E-state index in [-0.39, 0.29) is 24.0 Å². The van der Waals surface area contributed by atoms with Crippen molar-refractivity contribution in [2.45, 2.75) is 31.5 Å². The molecule has 3 unspecified atom stereocenters. The number of rotatable bonds is 5. The molecule has 0 radical (unpaired) electrons. The third-order valence-electron chi connectivity index (χ3n) is 4.52. The minimum absolute atomic E-state index is 0.0498. The summed E-state index contributed by atoms with van der Waals surface area (Å²) >= 11 is 0. The van der Waals surface area contributed by atoms with Crippen molar-refractivity contribution in [1.29, 1.82) is 5.26 Å². The van der Waals surface area contributed by atoms with Gasteiger partial charge in [0, 0.05) is 19.3 Å². The second-order valence-electron chi connectivity index (χ2n) is 5.86.